The molecule has 3 rings (SSSR count). The first-order chi connectivity index (χ1) is 14.9. The molecule has 0 fully saturated rings. The molecule has 0 saturated carbocycles. The van der Waals surface area contributed by atoms with Crippen LogP contribution in [0.4, 0.5) is 5.00 Å². The number of hydrogen-bond acceptors (Lipinski definition) is 5. The van der Waals surface area contributed by atoms with Gasteiger partial charge in [0.2, 0.25) is 0 Å². The highest BCUT2D eigenvalue weighted by molar-refractivity contribution is 9.10. The summed E-state index contributed by atoms with van der Waals surface area (Å²) in [5.74, 6) is -0.211. The number of esters is 1. The SMILES string of the molecule is CCCc1ccc(OCC(=O)Nc2sc(C)c(-c3ccc(Br)cc3)c2C(=O)OC)cc1. The van der Waals surface area contributed by atoms with Crippen LogP contribution in [-0.4, -0.2) is 25.6 Å². The number of hydrogen-bond donors (Lipinski definition) is 1. The van der Waals surface area contributed by atoms with Crippen LogP contribution in [0.25, 0.3) is 11.1 Å². The topological polar surface area (TPSA) is 64.6 Å². The first kappa shape index (κ1) is 23.0. The van der Waals surface area contributed by atoms with Crippen LogP contribution in [-0.2, 0) is 16.0 Å². The van der Waals surface area contributed by atoms with Crippen molar-refractivity contribution in [1.29, 1.82) is 0 Å². The zero-order valence-corrected chi connectivity index (χ0v) is 20.1. The summed E-state index contributed by atoms with van der Waals surface area (Å²) in [6.07, 6.45) is 2.09. The van der Waals surface area contributed by atoms with E-state index in [1.54, 1.807) is 0 Å². The van der Waals surface area contributed by atoms with Gasteiger partial charge >= 0.3 is 5.97 Å². The highest BCUT2D eigenvalue weighted by Crippen LogP contribution is 2.40. The Morgan fingerprint density at radius 2 is 1.74 bits per heavy atom. The lowest BCUT2D eigenvalue weighted by Gasteiger charge is -2.09. The van der Waals surface area contributed by atoms with Gasteiger partial charge in [-0.3, -0.25) is 4.79 Å². The number of amides is 1. The standard InChI is InChI=1S/C24H24BrNO4S/c1-4-5-16-6-12-19(13-7-16)30-14-20(27)26-23-22(24(28)29-3)21(15(2)31-23)17-8-10-18(25)11-9-17/h6-13H,4-5,14H2,1-3H3,(H,26,27). The number of carbonyl (C=O) groups excluding carboxylic acids is 2. The number of nitrogens with one attached hydrogen (secondary N) is 1. The molecule has 1 aromatic heterocycles. The summed E-state index contributed by atoms with van der Waals surface area (Å²) in [7, 11) is 1.33. The third kappa shape index (κ3) is 5.74. The Balaban J connectivity index is 1.77. The van der Waals surface area contributed by atoms with Crippen LogP contribution in [0.2, 0.25) is 0 Å². The highest BCUT2D eigenvalue weighted by atomic mass is 79.9. The Bertz CT molecular complexity index is 1060. The summed E-state index contributed by atoms with van der Waals surface area (Å²) in [6, 6.07) is 15.4. The molecule has 0 aliphatic carbocycles. The number of anilines is 1. The summed E-state index contributed by atoms with van der Waals surface area (Å²) in [5, 5.41) is 3.27. The molecule has 3 aromatic rings. The Morgan fingerprint density at radius 1 is 1.06 bits per heavy atom. The molecule has 0 bridgehead atoms. The molecule has 1 N–H and O–H groups in total. The van der Waals surface area contributed by atoms with E-state index in [2.05, 4.69) is 28.2 Å². The second-order valence-corrected chi connectivity index (χ2v) is 9.11. The Labute approximate surface area is 194 Å². The maximum absolute atomic E-state index is 12.5. The van der Waals surface area contributed by atoms with Crippen molar-refractivity contribution in [2.24, 2.45) is 0 Å². The van der Waals surface area contributed by atoms with E-state index in [-0.39, 0.29) is 12.5 Å². The van der Waals surface area contributed by atoms with Gasteiger partial charge in [0.15, 0.2) is 6.61 Å². The largest absolute Gasteiger partial charge is 0.484 e. The van der Waals surface area contributed by atoms with Crippen LogP contribution in [0, 0.1) is 6.92 Å². The molecule has 0 aliphatic rings. The van der Waals surface area contributed by atoms with Crippen molar-refractivity contribution in [3.8, 4) is 16.9 Å². The molecule has 1 amide bonds. The summed E-state index contributed by atoms with van der Waals surface area (Å²) < 4.78 is 11.5. The zero-order chi connectivity index (χ0) is 22.4. The number of ether oxygens (including phenoxy) is 2. The summed E-state index contributed by atoms with van der Waals surface area (Å²) in [6.45, 7) is 3.89. The fraction of sp³-hybridized carbons (Fsp3) is 0.250. The van der Waals surface area contributed by atoms with Gasteiger partial charge < -0.3 is 14.8 Å². The first-order valence-electron chi connectivity index (χ1n) is 9.92. The van der Waals surface area contributed by atoms with Gasteiger partial charge in [0.25, 0.3) is 5.91 Å². The lowest BCUT2D eigenvalue weighted by molar-refractivity contribution is -0.118. The number of benzene rings is 2. The summed E-state index contributed by atoms with van der Waals surface area (Å²) >= 11 is 4.76. The minimum Gasteiger partial charge on any atom is -0.484 e. The van der Waals surface area contributed by atoms with E-state index in [4.69, 9.17) is 9.47 Å². The van der Waals surface area contributed by atoms with E-state index in [1.807, 2.05) is 55.5 Å². The highest BCUT2D eigenvalue weighted by Gasteiger charge is 2.25. The molecule has 5 nitrogen and oxygen atoms in total. The van der Waals surface area contributed by atoms with Crippen molar-refractivity contribution in [2.75, 3.05) is 19.0 Å². The second kappa shape index (κ2) is 10.6. The van der Waals surface area contributed by atoms with Gasteiger partial charge in [-0.05, 0) is 48.7 Å². The molecule has 7 heteroatoms. The van der Waals surface area contributed by atoms with Crippen LogP contribution in [0.3, 0.4) is 0 Å². The number of methoxy groups -OCH3 is 1. The predicted molar refractivity (Wildman–Crippen MR) is 128 cm³/mol. The lowest BCUT2D eigenvalue weighted by Crippen LogP contribution is -2.21. The molecule has 31 heavy (non-hydrogen) atoms. The van der Waals surface area contributed by atoms with Crippen molar-refractivity contribution in [3.63, 3.8) is 0 Å². The van der Waals surface area contributed by atoms with Gasteiger partial charge in [0.05, 0.1) is 7.11 Å². The Hall–Kier alpha value is -2.64. The van der Waals surface area contributed by atoms with Crippen molar-refractivity contribution < 1.29 is 19.1 Å². The normalized spacial score (nSPS) is 10.6. The molecule has 1 heterocycles. The van der Waals surface area contributed by atoms with E-state index in [0.29, 0.717) is 16.3 Å². The molecule has 0 radical (unpaired) electrons. The van der Waals surface area contributed by atoms with Crippen molar-refractivity contribution in [3.05, 3.63) is 69.0 Å². The minimum absolute atomic E-state index is 0.154. The number of thiophene rings is 1. The van der Waals surface area contributed by atoms with E-state index < -0.39 is 5.97 Å². The molecule has 0 atom stereocenters. The van der Waals surface area contributed by atoms with E-state index in [9.17, 15) is 9.59 Å². The Kier molecular flexibility index (Phi) is 7.87. The lowest BCUT2D eigenvalue weighted by atomic mass is 10.0. The molecular weight excluding hydrogens is 478 g/mol. The summed E-state index contributed by atoms with van der Waals surface area (Å²) in [4.78, 5) is 26.0. The fourth-order valence-electron chi connectivity index (χ4n) is 3.25. The minimum atomic E-state index is -0.495. The van der Waals surface area contributed by atoms with Crippen LogP contribution >= 0.6 is 27.3 Å². The molecular formula is C24H24BrNO4S. The maximum atomic E-state index is 12.5. The fourth-order valence-corrected chi connectivity index (χ4v) is 4.59. The van der Waals surface area contributed by atoms with Crippen LogP contribution in [0.15, 0.2) is 53.0 Å². The molecule has 0 aliphatic heterocycles. The number of halogens is 1. The van der Waals surface area contributed by atoms with E-state index >= 15 is 0 Å². The van der Waals surface area contributed by atoms with Gasteiger partial charge in [-0.2, -0.15) is 0 Å². The monoisotopic (exact) mass is 501 g/mol. The molecule has 2 aromatic carbocycles. The van der Waals surface area contributed by atoms with Crippen LogP contribution in [0.5, 0.6) is 5.75 Å². The molecule has 0 unspecified atom stereocenters. The molecule has 0 spiro atoms. The third-order valence-corrected chi connectivity index (χ3v) is 6.24. The number of aryl methyl sites for hydroxylation is 2. The van der Waals surface area contributed by atoms with Gasteiger partial charge in [-0.15, -0.1) is 11.3 Å². The molecule has 0 saturated heterocycles. The summed E-state index contributed by atoms with van der Waals surface area (Å²) in [5.41, 5.74) is 3.22. The van der Waals surface area contributed by atoms with Crippen LogP contribution in [0.1, 0.15) is 34.1 Å². The van der Waals surface area contributed by atoms with Crippen LogP contribution < -0.4 is 10.1 Å². The smallest absolute Gasteiger partial charge is 0.341 e. The number of carbonyl (C=O) groups is 2. The second-order valence-electron chi connectivity index (χ2n) is 6.97. The third-order valence-electron chi connectivity index (χ3n) is 4.69. The maximum Gasteiger partial charge on any atom is 0.341 e. The van der Waals surface area contributed by atoms with Crippen molar-refractivity contribution in [1.82, 2.24) is 0 Å². The zero-order valence-electron chi connectivity index (χ0n) is 17.7. The van der Waals surface area contributed by atoms with Gasteiger partial charge in [0.1, 0.15) is 16.3 Å². The average molecular weight is 502 g/mol. The van der Waals surface area contributed by atoms with Gasteiger partial charge in [0, 0.05) is 14.9 Å². The van der Waals surface area contributed by atoms with Crippen molar-refractivity contribution >= 4 is 44.1 Å². The van der Waals surface area contributed by atoms with Gasteiger partial charge in [-0.25, -0.2) is 4.79 Å². The predicted octanol–water partition coefficient (Wildman–Crippen LogP) is 6.24. The average Bonchev–Trinajstić information content (AvgIpc) is 3.09. The van der Waals surface area contributed by atoms with Gasteiger partial charge in [-0.1, -0.05) is 53.5 Å². The van der Waals surface area contributed by atoms with Crippen molar-refractivity contribution in [2.45, 2.75) is 26.7 Å². The van der Waals surface area contributed by atoms with E-state index in [0.717, 1.165) is 33.3 Å². The number of rotatable bonds is 8. The quantitative estimate of drug-likeness (QED) is 0.370. The molecule has 162 valence electrons. The van der Waals surface area contributed by atoms with E-state index in [1.165, 1.54) is 24.0 Å². The Morgan fingerprint density at radius 3 is 2.35 bits per heavy atom. The first-order valence-corrected chi connectivity index (χ1v) is 11.5.